The summed E-state index contributed by atoms with van der Waals surface area (Å²) >= 11 is 0. The number of nitrogens with zero attached hydrogens (tertiary/aromatic N) is 4. The molecule has 9 nitrogen and oxygen atoms in total. The summed E-state index contributed by atoms with van der Waals surface area (Å²) in [6.45, 7) is 1.40. The van der Waals surface area contributed by atoms with Crippen molar-refractivity contribution in [3.8, 4) is 6.07 Å². The zero-order valence-corrected chi connectivity index (χ0v) is 11.9. The summed E-state index contributed by atoms with van der Waals surface area (Å²) in [6, 6.07) is 4.38. The molecular formula is C13H16N6O3. The Morgan fingerprint density at radius 3 is 3.00 bits per heavy atom. The monoisotopic (exact) mass is 304 g/mol. The molecule has 9 heteroatoms. The van der Waals surface area contributed by atoms with E-state index in [-0.39, 0.29) is 17.8 Å². The number of pyridine rings is 1. The van der Waals surface area contributed by atoms with E-state index in [4.69, 9.17) is 5.26 Å². The lowest BCUT2D eigenvalue weighted by Gasteiger charge is -2.20. The number of rotatable bonds is 5. The van der Waals surface area contributed by atoms with E-state index in [2.05, 4.69) is 21.7 Å². The van der Waals surface area contributed by atoms with Crippen LogP contribution >= 0.6 is 0 Å². The van der Waals surface area contributed by atoms with Crippen molar-refractivity contribution >= 4 is 17.5 Å². The molecule has 22 heavy (non-hydrogen) atoms. The quantitative estimate of drug-likeness (QED) is 0.477. The number of aromatic nitrogens is 1. The number of anilines is 1. The molecule has 1 aromatic heterocycles. The normalized spacial score (nSPS) is 16.9. The van der Waals surface area contributed by atoms with Gasteiger partial charge in [0.05, 0.1) is 11.0 Å². The first kappa shape index (κ1) is 15.5. The lowest BCUT2D eigenvalue weighted by Crippen LogP contribution is -2.43. The third-order valence-electron chi connectivity index (χ3n) is 3.33. The van der Waals surface area contributed by atoms with Crippen molar-refractivity contribution in [1.29, 1.82) is 5.26 Å². The molecule has 0 spiro atoms. The van der Waals surface area contributed by atoms with Crippen molar-refractivity contribution in [1.82, 2.24) is 15.2 Å². The van der Waals surface area contributed by atoms with Crippen LogP contribution in [-0.2, 0) is 0 Å². The maximum atomic E-state index is 11.9. The minimum absolute atomic E-state index is 0.0737. The molecule has 0 aromatic carbocycles. The van der Waals surface area contributed by atoms with Crippen molar-refractivity contribution in [3.05, 3.63) is 28.4 Å². The Hall–Kier alpha value is -2.89. The van der Waals surface area contributed by atoms with Gasteiger partial charge in [0.25, 0.3) is 5.69 Å². The van der Waals surface area contributed by atoms with Crippen LogP contribution in [0.5, 0.6) is 0 Å². The minimum atomic E-state index is -0.515. The smallest absolute Gasteiger partial charge is 0.318 e. The third-order valence-corrected chi connectivity index (χ3v) is 3.33. The maximum absolute atomic E-state index is 11.9. The number of amides is 2. The van der Waals surface area contributed by atoms with Crippen LogP contribution in [0.2, 0.25) is 0 Å². The molecule has 1 atom stereocenters. The van der Waals surface area contributed by atoms with Gasteiger partial charge in [-0.2, -0.15) is 5.26 Å². The summed E-state index contributed by atoms with van der Waals surface area (Å²) in [5.41, 5.74) is -0.0737. The highest BCUT2D eigenvalue weighted by atomic mass is 16.6. The minimum Gasteiger partial charge on any atom is -0.368 e. The molecule has 0 bridgehead atoms. The van der Waals surface area contributed by atoms with Crippen molar-refractivity contribution in [2.45, 2.75) is 18.9 Å². The molecule has 2 rings (SSSR count). The van der Waals surface area contributed by atoms with Gasteiger partial charge in [-0.1, -0.05) is 0 Å². The zero-order chi connectivity index (χ0) is 15.9. The van der Waals surface area contributed by atoms with Crippen molar-refractivity contribution in [3.63, 3.8) is 0 Å². The highest BCUT2D eigenvalue weighted by Gasteiger charge is 2.27. The molecule has 2 heterocycles. The SMILES string of the molecule is N#C[C@@H]1CCCN1C(=O)NCCNc1ccc([N+](=O)[O-])cn1. The Bertz CT molecular complexity index is 582. The Kier molecular flexibility index (Phi) is 5.08. The van der Waals surface area contributed by atoms with Crippen molar-refractivity contribution < 1.29 is 9.72 Å². The topological polar surface area (TPSA) is 124 Å². The van der Waals surface area contributed by atoms with Crippen LogP contribution < -0.4 is 10.6 Å². The highest BCUT2D eigenvalue weighted by molar-refractivity contribution is 5.75. The van der Waals surface area contributed by atoms with Gasteiger partial charge in [0, 0.05) is 25.7 Å². The van der Waals surface area contributed by atoms with E-state index in [1.54, 1.807) is 0 Å². The molecule has 1 saturated heterocycles. The Balaban J connectivity index is 1.72. The van der Waals surface area contributed by atoms with Gasteiger partial charge in [-0.25, -0.2) is 9.78 Å². The molecule has 2 amide bonds. The summed E-state index contributed by atoms with van der Waals surface area (Å²) in [5.74, 6) is 0.496. The first-order valence-electron chi connectivity index (χ1n) is 6.90. The van der Waals surface area contributed by atoms with Gasteiger partial charge in [-0.05, 0) is 18.9 Å². The lowest BCUT2D eigenvalue weighted by atomic mass is 10.2. The van der Waals surface area contributed by atoms with Crippen LogP contribution in [0.25, 0.3) is 0 Å². The average molecular weight is 304 g/mol. The first-order chi connectivity index (χ1) is 10.6. The summed E-state index contributed by atoms with van der Waals surface area (Å²) in [4.78, 5) is 27.3. The fraction of sp³-hybridized carbons (Fsp3) is 0.462. The summed E-state index contributed by atoms with van der Waals surface area (Å²) in [5, 5.41) is 25.1. The Labute approximate surface area is 127 Å². The molecule has 1 fully saturated rings. The molecule has 0 radical (unpaired) electrons. The van der Waals surface area contributed by atoms with E-state index in [9.17, 15) is 14.9 Å². The molecular weight excluding hydrogens is 288 g/mol. The first-order valence-corrected chi connectivity index (χ1v) is 6.90. The fourth-order valence-corrected chi connectivity index (χ4v) is 2.20. The molecule has 0 saturated carbocycles. The molecule has 1 aliphatic rings. The number of hydrogen-bond donors (Lipinski definition) is 2. The van der Waals surface area contributed by atoms with E-state index in [1.165, 1.54) is 23.2 Å². The number of likely N-dealkylation sites (tertiary alicyclic amines) is 1. The van der Waals surface area contributed by atoms with Gasteiger partial charge in [-0.3, -0.25) is 10.1 Å². The molecule has 0 aliphatic carbocycles. The van der Waals surface area contributed by atoms with Crippen LogP contribution in [-0.4, -0.2) is 46.5 Å². The number of carbonyl (C=O) groups excluding carboxylic acids is 1. The van der Waals surface area contributed by atoms with Crippen LogP contribution in [0.4, 0.5) is 16.3 Å². The highest BCUT2D eigenvalue weighted by Crippen LogP contribution is 2.16. The van der Waals surface area contributed by atoms with E-state index in [0.29, 0.717) is 25.5 Å². The molecule has 2 N–H and O–H groups in total. The molecule has 0 unspecified atom stereocenters. The number of nitro groups is 1. The number of hydrogen-bond acceptors (Lipinski definition) is 6. The number of urea groups is 1. The van der Waals surface area contributed by atoms with Crippen LogP contribution in [0.1, 0.15) is 12.8 Å². The van der Waals surface area contributed by atoms with E-state index in [0.717, 1.165) is 12.8 Å². The Morgan fingerprint density at radius 1 is 1.55 bits per heavy atom. The summed E-state index contributed by atoms with van der Waals surface area (Å²) < 4.78 is 0. The van der Waals surface area contributed by atoms with Gasteiger partial charge >= 0.3 is 6.03 Å². The van der Waals surface area contributed by atoms with Crippen molar-refractivity contribution in [2.24, 2.45) is 0 Å². The second-order valence-corrected chi connectivity index (χ2v) is 4.80. The van der Waals surface area contributed by atoms with Crippen LogP contribution in [0.15, 0.2) is 18.3 Å². The number of nitriles is 1. The lowest BCUT2D eigenvalue weighted by molar-refractivity contribution is -0.385. The molecule has 1 aliphatic heterocycles. The summed E-state index contributed by atoms with van der Waals surface area (Å²) in [6.07, 6.45) is 2.73. The van der Waals surface area contributed by atoms with E-state index >= 15 is 0 Å². The van der Waals surface area contributed by atoms with Gasteiger partial charge in [0.1, 0.15) is 18.1 Å². The number of carbonyl (C=O) groups is 1. The van der Waals surface area contributed by atoms with Crippen molar-refractivity contribution in [2.75, 3.05) is 25.0 Å². The van der Waals surface area contributed by atoms with Gasteiger partial charge < -0.3 is 15.5 Å². The largest absolute Gasteiger partial charge is 0.368 e. The van der Waals surface area contributed by atoms with Crippen LogP contribution in [0, 0.1) is 21.4 Å². The van der Waals surface area contributed by atoms with E-state index in [1.807, 2.05) is 0 Å². The number of nitrogens with one attached hydrogen (secondary N) is 2. The standard InChI is InChI=1S/C13H16N6O3/c14-8-10-2-1-7-18(10)13(20)16-6-5-15-12-4-3-11(9-17-12)19(21)22/h3-4,9-10H,1-2,5-7H2,(H,15,17)(H,16,20)/t10-/m0/s1. The molecule has 116 valence electrons. The van der Waals surface area contributed by atoms with Crippen LogP contribution in [0.3, 0.4) is 0 Å². The zero-order valence-electron chi connectivity index (χ0n) is 11.9. The second-order valence-electron chi connectivity index (χ2n) is 4.80. The second kappa shape index (κ2) is 7.21. The maximum Gasteiger partial charge on any atom is 0.318 e. The molecule has 1 aromatic rings. The predicted molar refractivity (Wildman–Crippen MR) is 78.1 cm³/mol. The van der Waals surface area contributed by atoms with Gasteiger partial charge in [0.15, 0.2) is 0 Å². The fourth-order valence-electron chi connectivity index (χ4n) is 2.20. The Morgan fingerprint density at radius 2 is 2.36 bits per heavy atom. The van der Waals surface area contributed by atoms with Gasteiger partial charge in [0.2, 0.25) is 0 Å². The summed E-state index contributed by atoms with van der Waals surface area (Å²) in [7, 11) is 0. The van der Waals surface area contributed by atoms with E-state index < -0.39 is 4.92 Å². The van der Waals surface area contributed by atoms with Gasteiger partial charge in [-0.15, -0.1) is 0 Å². The third kappa shape index (κ3) is 3.82. The predicted octanol–water partition coefficient (Wildman–Crippen LogP) is 1.10. The average Bonchev–Trinajstić information content (AvgIpc) is 3.00.